The molecule has 1 fully saturated rings. The van der Waals surface area contributed by atoms with Gasteiger partial charge in [0.2, 0.25) is 0 Å². The predicted octanol–water partition coefficient (Wildman–Crippen LogP) is 3.83. The van der Waals surface area contributed by atoms with E-state index in [2.05, 4.69) is 0 Å². The number of nitrogens with two attached hydrogens (primary N) is 1. The van der Waals surface area contributed by atoms with Crippen LogP contribution in [0.3, 0.4) is 0 Å². The van der Waals surface area contributed by atoms with Crippen molar-refractivity contribution in [3.05, 3.63) is 35.6 Å². The third-order valence-corrected chi connectivity index (χ3v) is 3.39. The minimum Gasteiger partial charge on any atom is -0.324 e. The van der Waals surface area contributed by atoms with Crippen molar-refractivity contribution in [2.24, 2.45) is 11.7 Å². The maximum atomic E-state index is 13.0. The van der Waals surface area contributed by atoms with E-state index in [0.29, 0.717) is 5.92 Å². The maximum absolute atomic E-state index is 13.0. The first-order valence-electron chi connectivity index (χ1n) is 5.78. The zero-order chi connectivity index (χ0) is 10.7. The molecular formula is C13H19ClFN. The fraction of sp³-hybridized carbons (Fsp3) is 0.538. The van der Waals surface area contributed by atoms with Crippen LogP contribution >= 0.6 is 12.4 Å². The smallest absolute Gasteiger partial charge is 0.123 e. The van der Waals surface area contributed by atoms with E-state index in [4.69, 9.17) is 5.73 Å². The van der Waals surface area contributed by atoms with E-state index in [-0.39, 0.29) is 24.3 Å². The minimum atomic E-state index is -0.182. The average molecular weight is 244 g/mol. The van der Waals surface area contributed by atoms with Gasteiger partial charge in [0.25, 0.3) is 0 Å². The second-order valence-corrected chi connectivity index (χ2v) is 4.48. The molecule has 3 heteroatoms. The van der Waals surface area contributed by atoms with E-state index in [1.165, 1.54) is 38.2 Å². The summed E-state index contributed by atoms with van der Waals surface area (Å²) in [5.41, 5.74) is 7.12. The molecule has 2 N–H and O–H groups in total. The molecule has 0 aliphatic heterocycles. The Hall–Kier alpha value is -0.600. The van der Waals surface area contributed by atoms with Crippen molar-refractivity contribution in [2.45, 2.75) is 38.1 Å². The van der Waals surface area contributed by atoms with E-state index in [1.807, 2.05) is 6.07 Å². The Balaban J connectivity index is 0.00000128. The monoisotopic (exact) mass is 243 g/mol. The van der Waals surface area contributed by atoms with Gasteiger partial charge < -0.3 is 5.73 Å². The highest BCUT2D eigenvalue weighted by molar-refractivity contribution is 5.85. The van der Waals surface area contributed by atoms with Crippen LogP contribution in [-0.2, 0) is 0 Å². The summed E-state index contributed by atoms with van der Waals surface area (Å²) in [6, 6.07) is 6.73. The minimum absolute atomic E-state index is 0. The number of halogens is 2. The Kier molecular flexibility index (Phi) is 5.23. The zero-order valence-corrected chi connectivity index (χ0v) is 10.2. The molecule has 0 amide bonds. The highest BCUT2D eigenvalue weighted by Gasteiger charge is 2.21. The number of benzene rings is 1. The molecule has 1 unspecified atom stereocenters. The van der Waals surface area contributed by atoms with Gasteiger partial charge in [0, 0.05) is 6.04 Å². The van der Waals surface area contributed by atoms with Crippen molar-refractivity contribution >= 4 is 12.4 Å². The van der Waals surface area contributed by atoms with Crippen molar-refractivity contribution < 1.29 is 4.39 Å². The lowest BCUT2D eigenvalue weighted by atomic mass is 9.81. The molecule has 0 spiro atoms. The van der Waals surface area contributed by atoms with Crippen LogP contribution in [0.15, 0.2) is 24.3 Å². The SMILES string of the molecule is Cl.NC(c1cccc(F)c1)C1CCCCC1. The van der Waals surface area contributed by atoms with Crippen LogP contribution < -0.4 is 5.73 Å². The Morgan fingerprint density at radius 3 is 2.50 bits per heavy atom. The quantitative estimate of drug-likeness (QED) is 0.840. The molecule has 16 heavy (non-hydrogen) atoms. The fourth-order valence-electron chi connectivity index (χ4n) is 2.48. The number of hydrogen-bond acceptors (Lipinski definition) is 1. The number of rotatable bonds is 2. The van der Waals surface area contributed by atoms with Gasteiger partial charge in [-0.15, -0.1) is 12.4 Å². The highest BCUT2D eigenvalue weighted by Crippen LogP contribution is 2.32. The Morgan fingerprint density at radius 1 is 1.19 bits per heavy atom. The maximum Gasteiger partial charge on any atom is 0.123 e. The molecule has 0 aromatic heterocycles. The standard InChI is InChI=1S/C13H18FN.ClH/c14-12-8-4-7-11(9-12)13(15)10-5-2-1-3-6-10;/h4,7-10,13H,1-3,5-6,15H2;1H. The lowest BCUT2D eigenvalue weighted by Crippen LogP contribution is -2.23. The van der Waals surface area contributed by atoms with E-state index in [0.717, 1.165) is 5.56 Å². The largest absolute Gasteiger partial charge is 0.324 e. The third kappa shape index (κ3) is 3.19. The van der Waals surface area contributed by atoms with E-state index in [1.54, 1.807) is 12.1 Å². The topological polar surface area (TPSA) is 26.0 Å². The second kappa shape index (κ2) is 6.21. The molecule has 0 radical (unpaired) electrons. The van der Waals surface area contributed by atoms with Crippen molar-refractivity contribution in [3.63, 3.8) is 0 Å². The van der Waals surface area contributed by atoms with E-state index >= 15 is 0 Å². The van der Waals surface area contributed by atoms with Crippen LogP contribution in [-0.4, -0.2) is 0 Å². The van der Waals surface area contributed by atoms with Gasteiger partial charge in [-0.3, -0.25) is 0 Å². The van der Waals surface area contributed by atoms with Gasteiger partial charge in [0.15, 0.2) is 0 Å². The van der Waals surface area contributed by atoms with Crippen LogP contribution in [0.1, 0.15) is 43.7 Å². The highest BCUT2D eigenvalue weighted by atomic mass is 35.5. The Bertz CT molecular complexity index is 323. The first-order valence-corrected chi connectivity index (χ1v) is 5.78. The lowest BCUT2D eigenvalue weighted by Gasteiger charge is -2.27. The van der Waals surface area contributed by atoms with Gasteiger partial charge in [-0.1, -0.05) is 31.4 Å². The van der Waals surface area contributed by atoms with Gasteiger partial charge in [-0.2, -0.15) is 0 Å². The fourth-order valence-corrected chi connectivity index (χ4v) is 2.48. The number of hydrogen-bond donors (Lipinski definition) is 1. The predicted molar refractivity (Wildman–Crippen MR) is 67.2 cm³/mol. The van der Waals surface area contributed by atoms with Crippen molar-refractivity contribution in [1.82, 2.24) is 0 Å². The van der Waals surface area contributed by atoms with Gasteiger partial charge in [0.05, 0.1) is 0 Å². The molecule has 0 bridgehead atoms. The molecule has 90 valence electrons. The van der Waals surface area contributed by atoms with Crippen molar-refractivity contribution in [3.8, 4) is 0 Å². The summed E-state index contributed by atoms with van der Waals surface area (Å²) in [6.07, 6.45) is 6.25. The van der Waals surface area contributed by atoms with Crippen LogP contribution in [0.25, 0.3) is 0 Å². The summed E-state index contributed by atoms with van der Waals surface area (Å²) >= 11 is 0. The van der Waals surface area contributed by atoms with Gasteiger partial charge in [-0.05, 0) is 36.5 Å². The molecule has 2 rings (SSSR count). The van der Waals surface area contributed by atoms with Crippen molar-refractivity contribution in [2.75, 3.05) is 0 Å². The van der Waals surface area contributed by atoms with Crippen LogP contribution in [0.4, 0.5) is 4.39 Å². The molecule has 1 aliphatic carbocycles. The molecule has 1 atom stereocenters. The molecule has 1 aromatic carbocycles. The average Bonchev–Trinajstić information content (AvgIpc) is 2.29. The normalized spacial score (nSPS) is 18.9. The van der Waals surface area contributed by atoms with Gasteiger partial charge >= 0.3 is 0 Å². The molecule has 1 aliphatic rings. The summed E-state index contributed by atoms with van der Waals surface area (Å²) in [4.78, 5) is 0. The Morgan fingerprint density at radius 2 is 1.88 bits per heavy atom. The van der Waals surface area contributed by atoms with E-state index < -0.39 is 0 Å². The summed E-state index contributed by atoms with van der Waals surface area (Å²) in [5.74, 6) is 0.360. The molecular weight excluding hydrogens is 225 g/mol. The molecule has 0 saturated heterocycles. The summed E-state index contributed by atoms with van der Waals surface area (Å²) in [7, 11) is 0. The second-order valence-electron chi connectivity index (χ2n) is 4.48. The summed E-state index contributed by atoms with van der Waals surface area (Å²) in [6.45, 7) is 0. The molecule has 1 aromatic rings. The zero-order valence-electron chi connectivity index (χ0n) is 9.36. The van der Waals surface area contributed by atoms with Crippen LogP contribution in [0.2, 0.25) is 0 Å². The molecule has 1 saturated carbocycles. The summed E-state index contributed by atoms with van der Waals surface area (Å²) in [5, 5.41) is 0. The van der Waals surface area contributed by atoms with Gasteiger partial charge in [-0.25, -0.2) is 4.39 Å². The van der Waals surface area contributed by atoms with Crippen LogP contribution in [0.5, 0.6) is 0 Å². The molecule has 1 nitrogen and oxygen atoms in total. The first kappa shape index (κ1) is 13.5. The van der Waals surface area contributed by atoms with E-state index in [9.17, 15) is 4.39 Å². The summed E-state index contributed by atoms with van der Waals surface area (Å²) < 4.78 is 13.0. The van der Waals surface area contributed by atoms with Crippen LogP contribution in [0, 0.1) is 11.7 Å². The Labute approximate surface area is 103 Å². The van der Waals surface area contributed by atoms with Crippen molar-refractivity contribution in [1.29, 1.82) is 0 Å². The molecule has 0 heterocycles. The lowest BCUT2D eigenvalue weighted by molar-refractivity contribution is 0.308. The van der Waals surface area contributed by atoms with Gasteiger partial charge in [0.1, 0.15) is 5.82 Å². The third-order valence-electron chi connectivity index (χ3n) is 3.39. The first-order chi connectivity index (χ1) is 7.27.